The second-order valence-corrected chi connectivity index (χ2v) is 5.06. The standard InChI is InChI=1S/C11H13N3S2.CO2/c1-9-3-4-10(7-13-9)8-14-11(15)16-6-2-5-12;2-1-3/h3-4,7H,2,6,8H2,1H3,(H,14,15);. The van der Waals surface area contributed by atoms with Gasteiger partial charge in [0.15, 0.2) is 0 Å². The number of thiocarbonyl (C=S) groups is 1. The fourth-order valence-electron chi connectivity index (χ4n) is 1.02. The molecule has 0 fully saturated rings. The number of hydrogen-bond acceptors (Lipinski definition) is 6. The lowest BCUT2D eigenvalue weighted by atomic mass is 10.2. The van der Waals surface area contributed by atoms with Crippen molar-refractivity contribution >= 4 is 34.5 Å². The number of thioether (sulfide) groups is 1. The molecule has 0 aromatic carbocycles. The third kappa shape index (κ3) is 9.92. The van der Waals surface area contributed by atoms with E-state index >= 15 is 0 Å². The number of carbonyl (C=O) groups excluding carboxylic acids is 2. The summed E-state index contributed by atoms with van der Waals surface area (Å²) in [4.78, 5) is 20.4. The molecule has 19 heavy (non-hydrogen) atoms. The fraction of sp³-hybridized carbons (Fsp3) is 0.333. The summed E-state index contributed by atoms with van der Waals surface area (Å²) >= 11 is 6.62. The molecular formula is C12H13N3O2S2. The molecule has 0 radical (unpaired) electrons. The average molecular weight is 295 g/mol. The number of nitrogens with zero attached hydrogens (tertiary/aromatic N) is 2. The van der Waals surface area contributed by atoms with Gasteiger partial charge in [-0.25, -0.2) is 0 Å². The molecule has 0 unspecified atom stereocenters. The van der Waals surface area contributed by atoms with Crippen LogP contribution in [0.4, 0.5) is 0 Å². The first-order valence-electron chi connectivity index (χ1n) is 5.32. The zero-order chi connectivity index (χ0) is 14.5. The van der Waals surface area contributed by atoms with E-state index in [1.807, 2.05) is 25.3 Å². The quantitative estimate of drug-likeness (QED) is 0.670. The highest BCUT2D eigenvalue weighted by molar-refractivity contribution is 8.22. The minimum Gasteiger partial charge on any atom is -0.367 e. The number of nitriles is 1. The van der Waals surface area contributed by atoms with Crippen LogP contribution >= 0.6 is 24.0 Å². The van der Waals surface area contributed by atoms with Gasteiger partial charge in [0.2, 0.25) is 0 Å². The first-order chi connectivity index (χ1) is 9.13. The van der Waals surface area contributed by atoms with Gasteiger partial charge in [0, 0.05) is 30.6 Å². The third-order valence-electron chi connectivity index (χ3n) is 1.86. The molecule has 0 aliphatic heterocycles. The van der Waals surface area contributed by atoms with Gasteiger partial charge in [-0.1, -0.05) is 30.0 Å². The first kappa shape index (κ1) is 17.3. The van der Waals surface area contributed by atoms with Crippen molar-refractivity contribution in [3.63, 3.8) is 0 Å². The normalized spacial score (nSPS) is 8.42. The molecule has 100 valence electrons. The molecule has 7 heteroatoms. The Bertz CT molecular complexity index is 463. The largest absolute Gasteiger partial charge is 0.373 e. The van der Waals surface area contributed by atoms with Crippen LogP contribution in [-0.2, 0) is 16.1 Å². The van der Waals surface area contributed by atoms with E-state index in [1.165, 1.54) is 11.8 Å². The summed E-state index contributed by atoms with van der Waals surface area (Å²) in [6, 6.07) is 6.09. The fourth-order valence-corrected chi connectivity index (χ4v) is 1.89. The van der Waals surface area contributed by atoms with E-state index in [1.54, 1.807) is 0 Å². The summed E-state index contributed by atoms with van der Waals surface area (Å²) in [5.41, 5.74) is 2.11. The Labute approximate surface area is 121 Å². The molecule has 0 bridgehead atoms. The summed E-state index contributed by atoms with van der Waals surface area (Å²) in [5.74, 6) is 0.745. The third-order valence-corrected chi connectivity index (χ3v) is 3.17. The number of aryl methyl sites for hydroxylation is 1. The summed E-state index contributed by atoms with van der Waals surface area (Å²) in [7, 11) is 0. The van der Waals surface area contributed by atoms with Gasteiger partial charge in [0.25, 0.3) is 0 Å². The zero-order valence-electron chi connectivity index (χ0n) is 10.4. The van der Waals surface area contributed by atoms with Gasteiger partial charge in [0.1, 0.15) is 4.32 Å². The van der Waals surface area contributed by atoms with E-state index in [0.717, 1.165) is 21.3 Å². The second-order valence-electron chi connectivity index (χ2n) is 3.29. The van der Waals surface area contributed by atoms with Crippen molar-refractivity contribution in [1.29, 1.82) is 5.26 Å². The number of hydrogen-bond donors (Lipinski definition) is 1. The highest BCUT2D eigenvalue weighted by Crippen LogP contribution is 2.05. The van der Waals surface area contributed by atoms with Crippen molar-refractivity contribution < 1.29 is 9.59 Å². The molecule has 0 amide bonds. The van der Waals surface area contributed by atoms with Crippen LogP contribution in [-0.4, -0.2) is 21.2 Å². The maximum Gasteiger partial charge on any atom is 0.373 e. The Balaban J connectivity index is 0.000000982. The minimum absolute atomic E-state index is 0.250. The Morgan fingerprint density at radius 3 is 2.74 bits per heavy atom. The van der Waals surface area contributed by atoms with Gasteiger partial charge < -0.3 is 5.32 Å². The van der Waals surface area contributed by atoms with Crippen LogP contribution < -0.4 is 5.32 Å². The number of rotatable bonds is 4. The molecule has 1 aromatic rings. The Morgan fingerprint density at radius 1 is 1.53 bits per heavy atom. The van der Waals surface area contributed by atoms with E-state index in [2.05, 4.69) is 16.4 Å². The molecular weight excluding hydrogens is 282 g/mol. The number of nitrogens with one attached hydrogen (secondary N) is 1. The Kier molecular flexibility index (Phi) is 10.3. The van der Waals surface area contributed by atoms with Crippen LogP contribution in [0.5, 0.6) is 0 Å². The minimum atomic E-state index is 0.250. The molecule has 1 rings (SSSR count). The van der Waals surface area contributed by atoms with Crippen molar-refractivity contribution in [2.75, 3.05) is 5.75 Å². The second kappa shape index (κ2) is 11.4. The molecule has 1 heterocycles. The van der Waals surface area contributed by atoms with Crippen molar-refractivity contribution in [2.24, 2.45) is 0 Å². The van der Waals surface area contributed by atoms with Crippen LogP contribution in [0.25, 0.3) is 0 Å². The maximum atomic E-state index is 8.38. The van der Waals surface area contributed by atoms with Gasteiger partial charge in [-0.05, 0) is 18.6 Å². The smallest absolute Gasteiger partial charge is 0.367 e. The van der Waals surface area contributed by atoms with Crippen LogP contribution in [0, 0.1) is 18.3 Å². The summed E-state index contributed by atoms with van der Waals surface area (Å²) in [6.45, 7) is 2.64. The van der Waals surface area contributed by atoms with Crippen molar-refractivity contribution in [1.82, 2.24) is 10.3 Å². The monoisotopic (exact) mass is 295 g/mol. The summed E-state index contributed by atoms with van der Waals surface area (Å²) in [6.07, 6.45) is 2.61. The molecule has 0 atom stereocenters. The van der Waals surface area contributed by atoms with E-state index in [4.69, 9.17) is 27.1 Å². The lowest BCUT2D eigenvalue weighted by Gasteiger charge is -2.06. The predicted octanol–water partition coefficient (Wildman–Crippen LogP) is 1.83. The molecule has 0 spiro atoms. The highest BCUT2D eigenvalue weighted by atomic mass is 32.2. The highest BCUT2D eigenvalue weighted by Gasteiger charge is 1.98. The van der Waals surface area contributed by atoms with Crippen LogP contribution in [0.3, 0.4) is 0 Å². The molecule has 5 nitrogen and oxygen atoms in total. The molecule has 0 saturated heterocycles. The molecule has 1 N–H and O–H groups in total. The van der Waals surface area contributed by atoms with Gasteiger partial charge in [0.05, 0.1) is 6.07 Å². The van der Waals surface area contributed by atoms with Gasteiger partial charge in [-0.2, -0.15) is 14.9 Å². The number of aromatic nitrogens is 1. The SMILES string of the molecule is Cc1ccc(CNC(=S)SCCC#N)cn1.O=C=O. The van der Waals surface area contributed by atoms with E-state index < -0.39 is 0 Å². The van der Waals surface area contributed by atoms with Crippen LogP contribution in [0.15, 0.2) is 18.3 Å². The van der Waals surface area contributed by atoms with Crippen molar-refractivity contribution in [3.05, 3.63) is 29.6 Å². The summed E-state index contributed by atoms with van der Waals surface area (Å²) in [5, 5.41) is 11.5. The predicted molar refractivity (Wildman–Crippen MR) is 76.1 cm³/mol. The summed E-state index contributed by atoms with van der Waals surface area (Å²) < 4.78 is 0.732. The van der Waals surface area contributed by atoms with Gasteiger partial charge in [-0.15, -0.1) is 0 Å². The van der Waals surface area contributed by atoms with E-state index in [9.17, 15) is 0 Å². The van der Waals surface area contributed by atoms with Crippen molar-refractivity contribution in [2.45, 2.75) is 19.9 Å². The van der Waals surface area contributed by atoms with Gasteiger partial charge >= 0.3 is 6.15 Å². The average Bonchev–Trinajstić information content (AvgIpc) is 2.39. The Morgan fingerprint density at radius 2 is 2.21 bits per heavy atom. The lowest BCUT2D eigenvalue weighted by molar-refractivity contribution is -0.191. The first-order valence-corrected chi connectivity index (χ1v) is 6.71. The van der Waals surface area contributed by atoms with Crippen molar-refractivity contribution in [3.8, 4) is 6.07 Å². The van der Waals surface area contributed by atoms with Crippen LogP contribution in [0.2, 0.25) is 0 Å². The van der Waals surface area contributed by atoms with E-state index in [-0.39, 0.29) is 6.15 Å². The molecule has 0 saturated carbocycles. The van der Waals surface area contributed by atoms with E-state index in [0.29, 0.717) is 13.0 Å². The zero-order valence-corrected chi connectivity index (χ0v) is 12.0. The lowest BCUT2D eigenvalue weighted by Crippen LogP contribution is -2.18. The topological polar surface area (TPSA) is 82.8 Å². The Hall–Kier alpha value is -1.74. The maximum absolute atomic E-state index is 8.38. The van der Waals surface area contributed by atoms with Crippen LogP contribution in [0.1, 0.15) is 17.7 Å². The molecule has 0 aliphatic carbocycles. The molecule has 1 aromatic heterocycles. The molecule has 0 aliphatic rings. The number of pyridine rings is 1. The van der Waals surface area contributed by atoms with Gasteiger partial charge in [-0.3, -0.25) is 4.98 Å².